The highest BCUT2D eigenvalue weighted by Gasteiger charge is 2.65. The van der Waals surface area contributed by atoms with Crippen LogP contribution in [0.15, 0.2) is 96.2 Å². The molecule has 62 heavy (non-hydrogen) atoms. The summed E-state index contributed by atoms with van der Waals surface area (Å²) < 4.78 is 35.1. The molecule has 3 aliphatic carbocycles. The lowest BCUT2D eigenvalue weighted by atomic mass is 9.55. The molecule has 6 atom stereocenters. The van der Waals surface area contributed by atoms with E-state index in [1.807, 2.05) is 17.0 Å². The van der Waals surface area contributed by atoms with Crippen LogP contribution in [-0.2, 0) is 20.9 Å². The van der Waals surface area contributed by atoms with Gasteiger partial charge in [-0.25, -0.2) is 4.39 Å². The highest BCUT2D eigenvalue weighted by atomic mass is 19.1. The molecule has 0 aromatic heterocycles. The number of fused-ring (bicyclic) bond motifs is 2. The van der Waals surface area contributed by atoms with Crippen LogP contribution in [0, 0.1) is 39.6 Å². The first kappa shape index (κ1) is 44.9. The predicted molar refractivity (Wildman–Crippen MR) is 233 cm³/mol. The molecule has 0 unspecified atom stereocenters. The molecule has 3 aromatic carbocycles. The van der Waals surface area contributed by atoms with Crippen molar-refractivity contribution in [3.8, 4) is 17.2 Å². The van der Waals surface area contributed by atoms with E-state index in [9.17, 15) is 29.5 Å². The first-order chi connectivity index (χ1) is 30.2. The smallest absolute Gasteiger partial charge is 0.273 e. The minimum Gasteiger partial charge on any atom is -0.459 e. The lowest BCUT2D eigenvalue weighted by molar-refractivity contribution is -0.384. The maximum Gasteiger partial charge on any atom is 0.273 e. The van der Waals surface area contributed by atoms with E-state index in [-0.39, 0.29) is 68.0 Å². The van der Waals surface area contributed by atoms with Crippen LogP contribution < -0.4 is 9.47 Å². The van der Waals surface area contributed by atoms with Crippen LogP contribution in [0.4, 0.5) is 10.1 Å². The van der Waals surface area contributed by atoms with Crippen molar-refractivity contribution in [2.24, 2.45) is 28.8 Å². The van der Waals surface area contributed by atoms with Crippen molar-refractivity contribution in [3.05, 3.63) is 118 Å². The molecule has 12 nitrogen and oxygen atoms in total. The Morgan fingerprint density at radius 2 is 1.76 bits per heavy atom. The summed E-state index contributed by atoms with van der Waals surface area (Å²) in [5, 5.41) is 36.2. The van der Waals surface area contributed by atoms with E-state index in [0.717, 1.165) is 61.6 Å². The van der Waals surface area contributed by atoms with Gasteiger partial charge in [0, 0.05) is 50.1 Å². The molecule has 3 aromatic rings. The second-order valence-corrected chi connectivity index (χ2v) is 17.1. The van der Waals surface area contributed by atoms with Crippen molar-refractivity contribution in [1.29, 1.82) is 0 Å². The number of nitro groups is 1. The number of hydrogen-bond acceptors (Lipinski definition) is 10. The molecule has 1 aliphatic heterocycles. The molecule has 2 N–H and O–H groups in total. The quantitative estimate of drug-likeness (QED) is 0.0462. The van der Waals surface area contributed by atoms with Gasteiger partial charge >= 0.3 is 0 Å². The number of carbonyl (C=O) groups is 1. The van der Waals surface area contributed by atoms with Gasteiger partial charge in [-0.1, -0.05) is 74.0 Å². The van der Waals surface area contributed by atoms with Gasteiger partial charge in [0.15, 0.2) is 0 Å². The van der Waals surface area contributed by atoms with Gasteiger partial charge in [0.1, 0.15) is 36.2 Å². The highest BCUT2D eigenvalue weighted by molar-refractivity contribution is 6.03. The molecular formula is C49H60FN3O9. The van der Waals surface area contributed by atoms with Gasteiger partial charge < -0.3 is 34.2 Å². The van der Waals surface area contributed by atoms with E-state index in [1.165, 1.54) is 44.2 Å². The van der Waals surface area contributed by atoms with Gasteiger partial charge in [-0.2, -0.15) is 0 Å². The molecule has 1 heterocycles. The van der Waals surface area contributed by atoms with Crippen LogP contribution in [0.1, 0.15) is 101 Å². The summed E-state index contributed by atoms with van der Waals surface area (Å²) >= 11 is 0. The van der Waals surface area contributed by atoms with E-state index in [2.05, 4.69) is 17.8 Å². The second kappa shape index (κ2) is 20.8. The second-order valence-electron chi connectivity index (χ2n) is 17.1. The summed E-state index contributed by atoms with van der Waals surface area (Å²) in [7, 11) is 1.52. The highest BCUT2D eigenvalue weighted by Crippen LogP contribution is 2.62. The number of allylic oxidation sites excluding steroid dienone is 1. The zero-order valence-electron chi connectivity index (χ0n) is 35.7. The molecule has 2 fully saturated rings. The number of nitro benzene ring substituents is 1. The van der Waals surface area contributed by atoms with E-state index < -0.39 is 22.7 Å². The summed E-state index contributed by atoms with van der Waals surface area (Å²) in [4.78, 5) is 33.6. The average molecular weight is 854 g/mol. The van der Waals surface area contributed by atoms with Crippen LogP contribution in [0.2, 0.25) is 0 Å². The van der Waals surface area contributed by atoms with Gasteiger partial charge in [-0.3, -0.25) is 14.9 Å². The number of nitrogens with zero attached hydrogens (tertiary/aromatic N) is 3. The third kappa shape index (κ3) is 9.90. The van der Waals surface area contributed by atoms with Crippen molar-refractivity contribution >= 4 is 17.3 Å². The fourth-order valence-electron chi connectivity index (χ4n) is 10.5. The summed E-state index contributed by atoms with van der Waals surface area (Å²) in [6.45, 7) is 4.45. The van der Waals surface area contributed by atoms with Crippen molar-refractivity contribution in [1.82, 2.24) is 4.90 Å². The van der Waals surface area contributed by atoms with Crippen LogP contribution in [0.3, 0.4) is 0 Å². The van der Waals surface area contributed by atoms with E-state index in [0.29, 0.717) is 48.1 Å². The number of benzene rings is 3. The monoisotopic (exact) mass is 853 g/mol. The number of non-ortho nitro benzene ring substituents is 1. The largest absolute Gasteiger partial charge is 0.459 e. The molecule has 0 radical (unpaired) electrons. The fourth-order valence-corrected chi connectivity index (χ4v) is 10.5. The Balaban J connectivity index is 1.42. The molecule has 13 heteroatoms. The Labute approximate surface area is 363 Å². The van der Waals surface area contributed by atoms with Crippen LogP contribution in [0.5, 0.6) is 17.2 Å². The summed E-state index contributed by atoms with van der Waals surface area (Å²) in [5.41, 5.74) is 3.11. The van der Waals surface area contributed by atoms with E-state index in [4.69, 9.17) is 19.0 Å². The summed E-state index contributed by atoms with van der Waals surface area (Å²) in [6, 6.07) is 17.1. The number of aliphatic hydroxyl groups excluding tert-OH is 2. The zero-order valence-corrected chi connectivity index (χ0v) is 35.7. The molecule has 0 saturated heterocycles. The van der Waals surface area contributed by atoms with Crippen LogP contribution in [0.25, 0.3) is 0 Å². The molecule has 1 amide bonds. The van der Waals surface area contributed by atoms with Crippen LogP contribution in [-0.4, -0.2) is 70.4 Å². The molecular weight excluding hydrogens is 794 g/mol. The molecule has 4 aliphatic rings. The number of halogens is 1. The van der Waals surface area contributed by atoms with Crippen molar-refractivity contribution in [3.63, 3.8) is 0 Å². The Hall–Kier alpha value is -5.11. The van der Waals surface area contributed by atoms with Gasteiger partial charge in [0.2, 0.25) is 11.7 Å². The summed E-state index contributed by atoms with van der Waals surface area (Å²) in [6.07, 6.45) is 14.2. The minimum atomic E-state index is -1.46. The van der Waals surface area contributed by atoms with Gasteiger partial charge in [-0.05, 0) is 97.4 Å². The topological polar surface area (TPSA) is 153 Å². The lowest BCUT2D eigenvalue weighted by Gasteiger charge is -2.60. The van der Waals surface area contributed by atoms with Crippen LogP contribution >= 0.6 is 0 Å². The molecule has 332 valence electrons. The van der Waals surface area contributed by atoms with Crippen molar-refractivity contribution in [2.75, 3.05) is 26.9 Å². The van der Waals surface area contributed by atoms with E-state index >= 15 is 0 Å². The number of rotatable bonds is 21. The van der Waals surface area contributed by atoms with Gasteiger partial charge in [0.05, 0.1) is 29.2 Å². The average Bonchev–Trinajstić information content (AvgIpc) is 3.80. The lowest BCUT2D eigenvalue weighted by Crippen LogP contribution is -2.70. The maximum atomic E-state index is 15.0. The van der Waals surface area contributed by atoms with E-state index in [1.54, 1.807) is 36.4 Å². The number of unbranched alkanes of at least 4 members (excludes halogenated alkanes) is 2. The third-order valence-corrected chi connectivity index (χ3v) is 13.3. The SMILES string of the molecule is C=CCO[C@@]12Oc3ccc(Oc4cccc([N+](=O)[O-])c4)cc3[C@H]3[C@H](CCCCO)[C@@H](CCCCO)C=C(C(=NOC)C[C@@H]1N(Cc1ccc(F)cc1)C(=O)CCC1CCCC1)[C@H]32. The fraction of sp³-hybridized carbons (Fsp3) is 0.510. The molecule has 7 rings (SSSR count). The Bertz CT molecular complexity index is 2090. The number of ether oxygens (including phenoxy) is 3. The maximum absolute atomic E-state index is 15.0. The zero-order chi connectivity index (χ0) is 43.6. The third-order valence-electron chi connectivity index (χ3n) is 13.3. The Kier molecular flexibility index (Phi) is 15.1. The van der Waals surface area contributed by atoms with Gasteiger partial charge in [-0.15, -0.1) is 6.58 Å². The Morgan fingerprint density at radius 3 is 2.47 bits per heavy atom. The molecule has 2 saturated carbocycles. The Morgan fingerprint density at radius 1 is 1.02 bits per heavy atom. The summed E-state index contributed by atoms with van der Waals surface area (Å²) in [5.74, 6) is -0.868. The number of carbonyl (C=O) groups excluding carboxylic acids is 1. The first-order valence-electron chi connectivity index (χ1n) is 22.3. The van der Waals surface area contributed by atoms with Crippen molar-refractivity contribution < 1.29 is 43.4 Å². The normalized spacial score (nSPS) is 24.7. The number of hydrogen-bond donors (Lipinski definition) is 2. The molecule has 0 bridgehead atoms. The predicted octanol–water partition coefficient (Wildman–Crippen LogP) is 9.79. The standard InChI is InChI=1S/C49H60FN3O9/c1-3-27-60-49-45(52(32-34-17-20-36(50)21-18-34)46(56)24-19-33-11-4-5-12-33)31-43(51-59-2)41-28-35(13-6-8-25-54)40(16-7-9-26-55)47(48(41)49)42-30-39(22-23-44(42)62-49)61-38-15-10-14-37(29-38)53(57)58/h3,10,14-15,17-18,20-23,28-30,33,35,40,45,47-48,54-55H,1,4-9,11-13,16,19,24-27,31-32H2,2H3/t35-,40+,45-,47+,48+,49+/m0/s1. The number of oxime groups is 1. The van der Waals surface area contributed by atoms with Crippen molar-refractivity contribution in [2.45, 2.75) is 108 Å². The van der Waals surface area contributed by atoms with Gasteiger partial charge in [0.25, 0.3) is 5.69 Å². The number of aliphatic hydroxyl groups is 2. The first-order valence-corrected chi connectivity index (χ1v) is 22.3. The molecule has 0 spiro atoms. The number of amides is 1. The minimum absolute atomic E-state index is 0.0115.